The van der Waals surface area contributed by atoms with Crippen molar-refractivity contribution < 1.29 is 23.9 Å². The summed E-state index contributed by atoms with van der Waals surface area (Å²) in [7, 11) is 0. The van der Waals surface area contributed by atoms with E-state index in [-0.39, 0.29) is 0 Å². The summed E-state index contributed by atoms with van der Waals surface area (Å²) in [4.78, 5) is 17.1. The second kappa shape index (κ2) is 5.14. The lowest BCUT2D eigenvalue weighted by Gasteiger charge is -2.24. The first-order chi connectivity index (χ1) is 9.24. The van der Waals surface area contributed by atoms with Gasteiger partial charge in [-0.3, -0.25) is 0 Å². The van der Waals surface area contributed by atoms with Crippen LogP contribution >= 0.6 is 0 Å². The molecule has 1 aromatic rings. The lowest BCUT2D eigenvalue weighted by atomic mass is 10.2. The minimum Gasteiger partial charge on any atom is -0.479 e. The Bertz CT molecular complexity index is 457. The van der Waals surface area contributed by atoms with Crippen LogP contribution in [0, 0.1) is 0 Å². The van der Waals surface area contributed by atoms with Crippen molar-refractivity contribution in [3.05, 3.63) is 5.89 Å². The predicted molar refractivity (Wildman–Crippen MR) is 61.8 cm³/mol. The van der Waals surface area contributed by atoms with E-state index in [9.17, 15) is 4.79 Å². The molecule has 104 valence electrons. The summed E-state index contributed by atoms with van der Waals surface area (Å²) >= 11 is 0. The van der Waals surface area contributed by atoms with Crippen LogP contribution in [0.5, 0.6) is 0 Å². The molecule has 1 N–H and O–H groups in total. The van der Waals surface area contributed by atoms with Gasteiger partial charge in [0, 0.05) is 13.1 Å². The van der Waals surface area contributed by atoms with Gasteiger partial charge in [-0.15, -0.1) is 0 Å². The zero-order valence-electron chi connectivity index (χ0n) is 10.3. The van der Waals surface area contributed by atoms with E-state index in [0.29, 0.717) is 37.9 Å². The molecular weight excluding hydrogens is 254 g/mol. The molecule has 2 saturated heterocycles. The van der Waals surface area contributed by atoms with Crippen LogP contribution in [0.2, 0.25) is 0 Å². The number of anilines is 1. The fourth-order valence-corrected chi connectivity index (χ4v) is 2.25. The second-order valence-corrected chi connectivity index (χ2v) is 4.56. The van der Waals surface area contributed by atoms with Gasteiger partial charge in [-0.1, -0.05) is 0 Å². The van der Waals surface area contributed by atoms with Crippen LogP contribution < -0.4 is 4.90 Å². The average molecular weight is 269 g/mol. The van der Waals surface area contributed by atoms with Gasteiger partial charge in [-0.25, -0.2) is 4.79 Å². The van der Waals surface area contributed by atoms with Crippen molar-refractivity contribution in [2.75, 3.05) is 31.2 Å². The first-order valence-electron chi connectivity index (χ1n) is 6.28. The fourth-order valence-electron chi connectivity index (χ4n) is 2.25. The Labute approximate surface area is 109 Å². The molecule has 0 amide bonds. The molecule has 19 heavy (non-hydrogen) atoms. The molecule has 0 bridgehead atoms. The van der Waals surface area contributed by atoms with Gasteiger partial charge >= 0.3 is 5.97 Å². The van der Waals surface area contributed by atoms with Gasteiger partial charge < -0.3 is 24.0 Å². The summed E-state index contributed by atoms with van der Waals surface area (Å²) < 4.78 is 15.8. The van der Waals surface area contributed by atoms with Gasteiger partial charge in [0.1, 0.15) is 6.10 Å². The van der Waals surface area contributed by atoms with Crippen LogP contribution in [0.1, 0.15) is 24.8 Å². The molecule has 2 atom stereocenters. The number of carboxylic acid groups (broad SMARTS) is 1. The van der Waals surface area contributed by atoms with Crippen molar-refractivity contribution >= 4 is 11.9 Å². The quantitative estimate of drug-likeness (QED) is 0.831. The zero-order valence-corrected chi connectivity index (χ0v) is 10.3. The molecule has 3 rings (SSSR count). The lowest BCUT2D eigenvalue weighted by Crippen LogP contribution is -2.36. The summed E-state index contributed by atoms with van der Waals surface area (Å²) in [5.41, 5.74) is 0. The molecule has 1 aromatic heterocycles. The van der Waals surface area contributed by atoms with Crippen LogP contribution in [-0.2, 0) is 14.3 Å². The SMILES string of the molecule is O=C(O)C1CCC(c2nc(N3CCOCC3)no2)O1. The van der Waals surface area contributed by atoms with Crippen LogP contribution in [0.4, 0.5) is 5.95 Å². The van der Waals surface area contributed by atoms with Crippen LogP contribution in [0.15, 0.2) is 4.52 Å². The van der Waals surface area contributed by atoms with E-state index in [4.69, 9.17) is 19.1 Å². The Kier molecular flexibility index (Phi) is 3.34. The Balaban J connectivity index is 1.66. The number of aromatic nitrogens is 2. The number of hydrogen-bond donors (Lipinski definition) is 1. The molecule has 0 aliphatic carbocycles. The summed E-state index contributed by atoms with van der Waals surface area (Å²) in [5, 5.41) is 12.8. The maximum atomic E-state index is 10.8. The van der Waals surface area contributed by atoms with Gasteiger partial charge in [0.2, 0.25) is 0 Å². The molecule has 8 heteroatoms. The normalized spacial score (nSPS) is 27.7. The Morgan fingerprint density at radius 3 is 2.79 bits per heavy atom. The zero-order chi connectivity index (χ0) is 13.2. The highest BCUT2D eigenvalue weighted by atomic mass is 16.6. The van der Waals surface area contributed by atoms with Crippen molar-refractivity contribution in [3.8, 4) is 0 Å². The number of morpholine rings is 1. The summed E-state index contributed by atoms with van der Waals surface area (Å²) in [6.07, 6.45) is -0.135. The topological polar surface area (TPSA) is 97.9 Å². The third kappa shape index (κ3) is 2.54. The number of hydrogen-bond acceptors (Lipinski definition) is 7. The first kappa shape index (κ1) is 12.4. The van der Waals surface area contributed by atoms with Crippen molar-refractivity contribution in [1.29, 1.82) is 0 Å². The molecule has 8 nitrogen and oxygen atoms in total. The Morgan fingerprint density at radius 1 is 1.32 bits per heavy atom. The first-order valence-corrected chi connectivity index (χ1v) is 6.28. The predicted octanol–water partition coefficient (Wildman–Crippen LogP) is 0.211. The van der Waals surface area contributed by atoms with E-state index in [2.05, 4.69) is 10.1 Å². The van der Waals surface area contributed by atoms with Gasteiger partial charge in [-0.05, 0) is 18.0 Å². The summed E-state index contributed by atoms with van der Waals surface area (Å²) in [6.45, 7) is 2.74. The van der Waals surface area contributed by atoms with Crippen molar-refractivity contribution in [3.63, 3.8) is 0 Å². The van der Waals surface area contributed by atoms with E-state index < -0.39 is 18.2 Å². The molecule has 3 heterocycles. The molecule has 0 spiro atoms. The number of carboxylic acids is 1. The van der Waals surface area contributed by atoms with Gasteiger partial charge in [0.25, 0.3) is 11.8 Å². The third-order valence-electron chi connectivity index (χ3n) is 3.30. The number of rotatable bonds is 3. The highest BCUT2D eigenvalue weighted by Crippen LogP contribution is 2.32. The van der Waals surface area contributed by atoms with E-state index in [1.165, 1.54) is 0 Å². The van der Waals surface area contributed by atoms with E-state index >= 15 is 0 Å². The fraction of sp³-hybridized carbons (Fsp3) is 0.727. The van der Waals surface area contributed by atoms with Gasteiger partial charge in [0.05, 0.1) is 13.2 Å². The van der Waals surface area contributed by atoms with E-state index in [1.54, 1.807) is 0 Å². The van der Waals surface area contributed by atoms with Crippen molar-refractivity contribution in [1.82, 2.24) is 10.1 Å². The molecular formula is C11H15N3O5. The average Bonchev–Trinajstić information content (AvgIpc) is 3.09. The van der Waals surface area contributed by atoms with E-state index in [0.717, 1.165) is 13.1 Å². The molecule has 2 aliphatic rings. The molecule has 2 fully saturated rings. The standard InChI is InChI=1S/C11H15N3O5/c15-10(16)8-2-1-7(18-8)9-12-11(13-19-9)14-3-5-17-6-4-14/h7-8H,1-6H2,(H,15,16). The minimum absolute atomic E-state index is 0.352. The highest BCUT2D eigenvalue weighted by molar-refractivity contribution is 5.72. The summed E-state index contributed by atoms with van der Waals surface area (Å²) in [6, 6.07) is 0. The van der Waals surface area contributed by atoms with E-state index in [1.807, 2.05) is 4.90 Å². The Hall–Kier alpha value is -1.67. The monoisotopic (exact) mass is 269 g/mol. The number of ether oxygens (including phenoxy) is 2. The molecule has 2 aliphatic heterocycles. The molecule has 2 unspecified atom stereocenters. The molecule has 0 saturated carbocycles. The maximum absolute atomic E-state index is 10.8. The summed E-state index contributed by atoms with van der Waals surface area (Å²) in [5.74, 6) is -0.0821. The molecule has 0 radical (unpaired) electrons. The van der Waals surface area contributed by atoms with Crippen LogP contribution in [0.25, 0.3) is 0 Å². The van der Waals surface area contributed by atoms with Crippen molar-refractivity contribution in [2.24, 2.45) is 0 Å². The highest BCUT2D eigenvalue weighted by Gasteiger charge is 2.35. The van der Waals surface area contributed by atoms with Gasteiger partial charge in [0.15, 0.2) is 6.10 Å². The second-order valence-electron chi connectivity index (χ2n) is 4.56. The Morgan fingerprint density at radius 2 is 2.11 bits per heavy atom. The largest absolute Gasteiger partial charge is 0.479 e. The minimum atomic E-state index is -0.949. The maximum Gasteiger partial charge on any atom is 0.332 e. The van der Waals surface area contributed by atoms with Crippen LogP contribution in [-0.4, -0.2) is 53.6 Å². The lowest BCUT2D eigenvalue weighted by molar-refractivity contribution is -0.150. The van der Waals surface area contributed by atoms with Gasteiger partial charge in [-0.2, -0.15) is 4.98 Å². The number of carbonyl (C=O) groups is 1. The molecule has 0 aromatic carbocycles. The van der Waals surface area contributed by atoms with Crippen molar-refractivity contribution in [2.45, 2.75) is 25.0 Å². The smallest absolute Gasteiger partial charge is 0.332 e. The van der Waals surface area contributed by atoms with Crippen LogP contribution in [0.3, 0.4) is 0 Å². The number of nitrogens with zero attached hydrogens (tertiary/aromatic N) is 3. The number of aliphatic carboxylic acids is 1. The third-order valence-corrected chi connectivity index (χ3v) is 3.30.